The fraction of sp³-hybridized carbons (Fsp3) is 0.488. The van der Waals surface area contributed by atoms with Gasteiger partial charge in [-0.3, -0.25) is 47.9 Å². The van der Waals surface area contributed by atoms with Crippen molar-refractivity contribution in [2.45, 2.75) is 114 Å². The molecule has 1 fully saturated rings. The highest BCUT2D eigenvalue weighted by Crippen LogP contribution is 2.29. The van der Waals surface area contributed by atoms with Crippen LogP contribution in [0.25, 0.3) is 0 Å². The van der Waals surface area contributed by atoms with Crippen molar-refractivity contribution in [2.24, 2.45) is 11.7 Å². The Morgan fingerprint density at radius 2 is 1.14 bits per heavy atom. The Labute approximate surface area is 374 Å². The average molecular weight is 911 g/mol. The summed E-state index contributed by atoms with van der Waals surface area (Å²) in [4.78, 5) is 128. The van der Waals surface area contributed by atoms with E-state index >= 15 is 0 Å². The minimum Gasteiger partial charge on any atom is -0.508 e. The number of aliphatic hydroxyl groups is 1. The highest BCUT2D eigenvalue weighted by molar-refractivity contribution is 5.99. The van der Waals surface area contributed by atoms with Gasteiger partial charge in [-0.2, -0.15) is 0 Å². The van der Waals surface area contributed by atoms with Gasteiger partial charge < -0.3 is 63.4 Å². The summed E-state index contributed by atoms with van der Waals surface area (Å²) in [5, 5.41) is 55.3. The monoisotopic (exact) mass is 910 g/mol. The van der Waals surface area contributed by atoms with Crippen LogP contribution in [-0.4, -0.2) is 129 Å². The second-order valence-electron chi connectivity index (χ2n) is 15.7. The van der Waals surface area contributed by atoms with Crippen molar-refractivity contribution in [3.63, 3.8) is 0 Å². The average Bonchev–Trinajstić information content (AvgIpc) is 3.79. The van der Waals surface area contributed by atoms with E-state index in [2.05, 4.69) is 37.2 Å². The van der Waals surface area contributed by atoms with E-state index in [-0.39, 0.29) is 37.4 Å². The van der Waals surface area contributed by atoms with Gasteiger partial charge in [0.05, 0.1) is 13.2 Å². The van der Waals surface area contributed by atoms with Crippen LogP contribution < -0.4 is 43.0 Å². The number of nitrogens with one attached hydrogen (secondary N) is 7. The molecule has 0 bridgehead atoms. The van der Waals surface area contributed by atoms with E-state index in [1.807, 2.05) is 0 Å². The molecule has 0 spiro atoms. The standard InChI is InChI=1S/C43H58N8O14/c1-24(46-39(61)27-9-3-2-4-10-27)38(60)45-22-34(54)47-30(18-20-36(57)58)40(62)51-33(23-52)43(65)50-32(21-26-7-5-6-8-26)42(64)49-31(16-13-25-11-14-28(53)15-12-25)41(63)48-29(37(44)59)17-19-35(55)56/h2-4,9-12,14-15,24,26,29-33,52-53H,5-8,13,16-23H2,1H3,(H2,44,59)(H,45,60)(H,46,61)(H,47,54)(H,48,63)(H,49,64)(H,50,65)(H,51,62)(H,55,56)(H,57,58)/t24-,29-,30-,31-,32-,33-/m0/s1. The number of aryl methyl sites for hydroxylation is 1. The number of carboxylic acid groups (broad SMARTS) is 2. The van der Waals surface area contributed by atoms with Gasteiger partial charge in [-0.05, 0) is 74.8 Å². The number of phenolic OH excluding ortho intramolecular Hbond substituents is 1. The van der Waals surface area contributed by atoms with Crippen molar-refractivity contribution in [1.29, 1.82) is 0 Å². The molecule has 0 saturated heterocycles. The maximum Gasteiger partial charge on any atom is 0.303 e. The van der Waals surface area contributed by atoms with Crippen LogP contribution in [0.5, 0.6) is 5.75 Å². The Bertz CT molecular complexity index is 1990. The molecular formula is C43H58N8O14. The van der Waals surface area contributed by atoms with Crippen molar-refractivity contribution in [2.75, 3.05) is 13.2 Å². The van der Waals surface area contributed by atoms with Gasteiger partial charge in [0.15, 0.2) is 0 Å². The zero-order valence-electron chi connectivity index (χ0n) is 35.9. The molecule has 354 valence electrons. The number of hydrogen-bond acceptors (Lipinski definition) is 12. The lowest BCUT2D eigenvalue weighted by Crippen LogP contribution is -2.60. The maximum absolute atomic E-state index is 14.0. The first kappa shape index (κ1) is 52.2. The molecule has 65 heavy (non-hydrogen) atoms. The van der Waals surface area contributed by atoms with Crippen LogP contribution in [0.3, 0.4) is 0 Å². The first-order chi connectivity index (χ1) is 30.9. The fourth-order valence-corrected chi connectivity index (χ4v) is 6.93. The van der Waals surface area contributed by atoms with Crippen LogP contribution in [0.15, 0.2) is 54.6 Å². The Hall–Kier alpha value is -7.10. The summed E-state index contributed by atoms with van der Waals surface area (Å²) in [5.41, 5.74) is 6.38. The lowest BCUT2D eigenvalue weighted by Gasteiger charge is -2.27. The quantitative estimate of drug-likeness (QED) is 0.0484. The summed E-state index contributed by atoms with van der Waals surface area (Å²) in [6.45, 7) is -0.329. The number of phenols is 1. The second kappa shape index (κ2) is 26.5. The molecule has 0 aromatic heterocycles. The molecule has 0 unspecified atom stereocenters. The number of primary amides is 1. The third kappa shape index (κ3) is 18.6. The van der Waals surface area contributed by atoms with Crippen LogP contribution in [0.1, 0.15) is 87.1 Å². The van der Waals surface area contributed by atoms with Gasteiger partial charge in [-0.15, -0.1) is 0 Å². The first-order valence-electron chi connectivity index (χ1n) is 21.1. The van der Waals surface area contributed by atoms with Crippen LogP contribution in [-0.2, 0) is 49.6 Å². The van der Waals surface area contributed by atoms with Crippen molar-refractivity contribution in [3.8, 4) is 5.75 Å². The van der Waals surface area contributed by atoms with Gasteiger partial charge in [0.25, 0.3) is 5.91 Å². The fourth-order valence-electron chi connectivity index (χ4n) is 6.93. The molecule has 0 radical (unpaired) electrons. The number of carboxylic acids is 2. The van der Waals surface area contributed by atoms with Crippen LogP contribution in [0, 0.1) is 5.92 Å². The minimum atomic E-state index is -1.74. The van der Waals surface area contributed by atoms with Crippen LogP contribution in [0.4, 0.5) is 0 Å². The van der Waals surface area contributed by atoms with Gasteiger partial charge in [0.1, 0.15) is 42.0 Å². The zero-order valence-corrected chi connectivity index (χ0v) is 35.9. The Kier molecular flexibility index (Phi) is 21.3. The Morgan fingerprint density at radius 3 is 1.71 bits per heavy atom. The predicted molar refractivity (Wildman–Crippen MR) is 229 cm³/mol. The van der Waals surface area contributed by atoms with Gasteiger partial charge in [0.2, 0.25) is 41.4 Å². The molecule has 22 heteroatoms. The second-order valence-corrected chi connectivity index (χ2v) is 15.7. The minimum absolute atomic E-state index is 0.0122. The largest absolute Gasteiger partial charge is 0.508 e. The molecule has 0 aliphatic heterocycles. The molecule has 8 amide bonds. The Morgan fingerprint density at radius 1 is 0.631 bits per heavy atom. The molecule has 1 saturated carbocycles. The summed E-state index contributed by atoms with van der Waals surface area (Å²) >= 11 is 0. The van der Waals surface area contributed by atoms with Crippen molar-refractivity contribution in [3.05, 3.63) is 65.7 Å². The molecule has 2 aromatic carbocycles. The SMILES string of the molecule is C[C@H](NC(=O)c1ccccc1)C(=O)NCC(=O)N[C@@H](CCC(=O)O)C(=O)N[C@@H](CO)C(=O)N[C@@H](CC1CCCC1)C(=O)N[C@@H](CCc1ccc(O)cc1)C(=O)N[C@@H](CCC(=O)O)C(N)=O. The summed E-state index contributed by atoms with van der Waals surface area (Å²) in [5.74, 6) is -9.73. The van der Waals surface area contributed by atoms with E-state index in [0.717, 1.165) is 12.8 Å². The number of amides is 8. The van der Waals surface area contributed by atoms with Crippen LogP contribution in [0.2, 0.25) is 0 Å². The van der Waals surface area contributed by atoms with Crippen LogP contribution >= 0.6 is 0 Å². The third-order valence-electron chi connectivity index (χ3n) is 10.6. The highest BCUT2D eigenvalue weighted by atomic mass is 16.4. The lowest BCUT2D eigenvalue weighted by atomic mass is 9.96. The van der Waals surface area contributed by atoms with E-state index < -0.39 is 128 Å². The molecule has 2 aromatic rings. The first-order valence-corrected chi connectivity index (χ1v) is 21.1. The molecule has 0 heterocycles. The molecule has 22 nitrogen and oxygen atoms in total. The molecule has 3 rings (SSSR count). The molecular weight excluding hydrogens is 853 g/mol. The highest BCUT2D eigenvalue weighted by Gasteiger charge is 2.34. The van der Waals surface area contributed by atoms with Crippen molar-refractivity contribution in [1.82, 2.24) is 37.2 Å². The van der Waals surface area contributed by atoms with E-state index in [1.165, 1.54) is 31.2 Å². The van der Waals surface area contributed by atoms with Gasteiger partial charge >= 0.3 is 11.9 Å². The summed E-state index contributed by atoms with van der Waals surface area (Å²) in [6.07, 6.45) is 1.37. The van der Waals surface area contributed by atoms with E-state index in [9.17, 15) is 63.3 Å². The molecule has 6 atom stereocenters. The third-order valence-corrected chi connectivity index (χ3v) is 10.6. The molecule has 13 N–H and O–H groups in total. The van der Waals surface area contributed by atoms with Gasteiger partial charge in [-0.25, -0.2) is 0 Å². The van der Waals surface area contributed by atoms with Gasteiger partial charge in [0, 0.05) is 18.4 Å². The van der Waals surface area contributed by atoms with E-state index in [1.54, 1.807) is 30.3 Å². The topological polar surface area (TPSA) is 362 Å². The van der Waals surface area contributed by atoms with Crippen molar-refractivity contribution < 1.29 is 68.4 Å². The van der Waals surface area contributed by atoms with Crippen molar-refractivity contribution >= 4 is 59.2 Å². The number of carbonyl (C=O) groups is 10. The number of aliphatic hydroxyl groups excluding tert-OH is 1. The summed E-state index contributed by atoms with van der Waals surface area (Å²) < 4.78 is 0. The van der Waals surface area contributed by atoms with E-state index in [4.69, 9.17) is 10.8 Å². The number of nitrogens with two attached hydrogens (primary N) is 1. The normalized spacial score (nSPS) is 15.0. The smallest absolute Gasteiger partial charge is 0.303 e. The summed E-state index contributed by atoms with van der Waals surface area (Å²) in [7, 11) is 0. The Balaban J connectivity index is 1.74. The maximum atomic E-state index is 14.0. The zero-order chi connectivity index (χ0) is 48.1. The number of aromatic hydroxyl groups is 1. The molecule has 1 aliphatic carbocycles. The van der Waals surface area contributed by atoms with Gasteiger partial charge in [-0.1, -0.05) is 56.0 Å². The number of rotatable bonds is 27. The lowest BCUT2D eigenvalue weighted by molar-refractivity contribution is -0.139. The summed E-state index contributed by atoms with van der Waals surface area (Å²) in [6, 6.07) is 5.55. The molecule has 1 aliphatic rings. The number of carbonyl (C=O) groups excluding carboxylic acids is 8. The number of aliphatic carboxylic acids is 2. The number of hydrogen-bond donors (Lipinski definition) is 12. The van der Waals surface area contributed by atoms with E-state index in [0.29, 0.717) is 24.0 Å². The number of benzene rings is 2. The predicted octanol–water partition coefficient (Wildman–Crippen LogP) is -1.53.